The smallest absolute Gasteiger partial charge is 0.351 e. The Balaban J connectivity index is 2.24. The maximum atomic E-state index is 11.9. The fraction of sp³-hybridized carbons (Fsp3) is 0.538. The van der Waals surface area contributed by atoms with Crippen LogP contribution in [0.1, 0.15) is 20.1 Å². The predicted octanol–water partition coefficient (Wildman–Crippen LogP) is -0.535. The summed E-state index contributed by atoms with van der Waals surface area (Å²) < 4.78 is 16.9. The van der Waals surface area contributed by atoms with Crippen LogP contribution in [-0.4, -0.2) is 40.8 Å². The first-order valence-corrected chi connectivity index (χ1v) is 6.65. The molecule has 2 heterocycles. The molecule has 1 fully saturated rings. The first kappa shape index (κ1) is 16.0. The average molecular weight is 311 g/mol. The Bertz CT molecular complexity index is 628. The Morgan fingerprint density at radius 2 is 2.18 bits per heavy atom. The number of anilines is 1. The fourth-order valence-corrected chi connectivity index (χ4v) is 2.22. The third-order valence-corrected chi connectivity index (χ3v) is 3.16. The number of aromatic nitrogens is 2. The van der Waals surface area contributed by atoms with Gasteiger partial charge in [-0.2, -0.15) is 4.98 Å². The molecule has 0 aliphatic carbocycles. The summed E-state index contributed by atoms with van der Waals surface area (Å²) in [4.78, 5) is 37.7. The van der Waals surface area contributed by atoms with Crippen LogP contribution in [0.2, 0.25) is 0 Å². The first-order chi connectivity index (χ1) is 10.4. The molecule has 0 amide bonds. The van der Waals surface area contributed by atoms with Crippen molar-refractivity contribution in [3.05, 3.63) is 22.7 Å². The number of hydrogen-bond acceptors (Lipinski definition) is 8. The van der Waals surface area contributed by atoms with E-state index >= 15 is 0 Å². The van der Waals surface area contributed by atoms with Gasteiger partial charge >= 0.3 is 17.6 Å². The quantitative estimate of drug-likeness (QED) is 0.736. The molecule has 1 aliphatic rings. The highest BCUT2D eigenvalue weighted by atomic mass is 16.6. The van der Waals surface area contributed by atoms with Gasteiger partial charge in [-0.25, -0.2) is 4.79 Å². The standard InChI is InChI=1S/C13H17N3O6/c1-7(17)20-5-9-6-21-12(11(9)22-8(2)18)16-4-3-10(14)15-13(16)19/h3-4,9,11-12H,5-6H2,1-2H3,(H2,14,15,19)/t9-,11-,12-/m1/s1. The van der Waals surface area contributed by atoms with E-state index in [1.165, 1.54) is 30.7 Å². The van der Waals surface area contributed by atoms with Crippen LogP contribution in [-0.2, 0) is 23.8 Å². The molecule has 0 unspecified atom stereocenters. The number of nitrogens with zero attached hydrogens (tertiary/aromatic N) is 2. The van der Waals surface area contributed by atoms with E-state index < -0.39 is 30.0 Å². The van der Waals surface area contributed by atoms with Crippen molar-refractivity contribution in [2.45, 2.75) is 26.2 Å². The molecule has 9 heteroatoms. The van der Waals surface area contributed by atoms with E-state index in [0.29, 0.717) is 0 Å². The van der Waals surface area contributed by atoms with E-state index in [9.17, 15) is 14.4 Å². The maximum Gasteiger partial charge on any atom is 0.351 e. The van der Waals surface area contributed by atoms with Gasteiger partial charge in [0.25, 0.3) is 0 Å². The lowest BCUT2D eigenvalue weighted by molar-refractivity contribution is -0.155. The van der Waals surface area contributed by atoms with Crippen molar-refractivity contribution in [3.63, 3.8) is 0 Å². The minimum Gasteiger partial charge on any atom is -0.465 e. The molecule has 0 bridgehead atoms. The summed E-state index contributed by atoms with van der Waals surface area (Å²) in [5.74, 6) is -1.26. The van der Waals surface area contributed by atoms with Gasteiger partial charge in [-0.1, -0.05) is 0 Å². The molecular formula is C13H17N3O6. The van der Waals surface area contributed by atoms with Gasteiger partial charge in [0.05, 0.1) is 12.5 Å². The SMILES string of the molecule is CC(=O)OC[C@@H]1CO[C@@H](n2ccc(N)nc2=O)[C@@H]1OC(C)=O. The minimum absolute atomic E-state index is 0.0287. The molecule has 1 aromatic rings. The van der Waals surface area contributed by atoms with E-state index in [1.54, 1.807) is 0 Å². The average Bonchev–Trinajstić information content (AvgIpc) is 2.78. The second kappa shape index (κ2) is 6.56. The summed E-state index contributed by atoms with van der Waals surface area (Å²) in [7, 11) is 0. The van der Waals surface area contributed by atoms with Crippen LogP contribution in [0.15, 0.2) is 17.1 Å². The van der Waals surface area contributed by atoms with Gasteiger partial charge in [0, 0.05) is 20.0 Å². The Hall–Kier alpha value is -2.42. The molecule has 1 saturated heterocycles. The van der Waals surface area contributed by atoms with Crippen molar-refractivity contribution < 1.29 is 23.8 Å². The number of ether oxygens (including phenoxy) is 3. The van der Waals surface area contributed by atoms with Crippen LogP contribution >= 0.6 is 0 Å². The van der Waals surface area contributed by atoms with Crippen LogP contribution in [0, 0.1) is 5.92 Å². The van der Waals surface area contributed by atoms with E-state index in [4.69, 9.17) is 19.9 Å². The van der Waals surface area contributed by atoms with E-state index in [1.807, 2.05) is 0 Å². The molecule has 0 spiro atoms. The van der Waals surface area contributed by atoms with Gasteiger partial charge in [0.1, 0.15) is 12.4 Å². The number of carbonyl (C=O) groups is 2. The van der Waals surface area contributed by atoms with E-state index in [2.05, 4.69) is 4.98 Å². The van der Waals surface area contributed by atoms with Crippen LogP contribution < -0.4 is 11.4 Å². The number of nitrogen functional groups attached to an aromatic ring is 1. The lowest BCUT2D eigenvalue weighted by atomic mass is 10.1. The zero-order chi connectivity index (χ0) is 16.3. The van der Waals surface area contributed by atoms with Crippen molar-refractivity contribution in [2.75, 3.05) is 18.9 Å². The highest BCUT2D eigenvalue weighted by Gasteiger charge is 2.42. The number of hydrogen-bond donors (Lipinski definition) is 1. The molecule has 0 saturated carbocycles. The minimum atomic E-state index is -0.843. The van der Waals surface area contributed by atoms with Crippen molar-refractivity contribution in [3.8, 4) is 0 Å². The van der Waals surface area contributed by atoms with Crippen LogP contribution in [0.3, 0.4) is 0 Å². The molecule has 1 aliphatic heterocycles. The molecule has 9 nitrogen and oxygen atoms in total. The topological polar surface area (TPSA) is 123 Å². The lowest BCUT2D eigenvalue weighted by Gasteiger charge is -2.23. The van der Waals surface area contributed by atoms with Crippen molar-refractivity contribution in [2.24, 2.45) is 5.92 Å². The van der Waals surface area contributed by atoms with Gasteiger partial charge in [-0.3, -0.25) is 14.2 Å². The predicted molar refractivity (Wildman–Crippen MR) is 73.6 cm³/mol. The normalized spacial score (nSPS) is 24.0. The lowest BCUT2D eigenvalue weighted by Crippen LogP contribution is -2.37. The molecule has 2 rings (SSSR count). The van der Waals surface area contributed by atoms with Gasteiger partial charge in [-0.05, 0) is 6.07 Å². The second-order valence-corrected chi connectivity index (χ2v) is 4.90. The van der Waals surface area contributed by atoms with E-state index in [0.717, 1.165) is 0 Å². The van der Waals surface area contributed by atoms with Crippen LogP contribution in [0.5, 0.6) is 0 Å². The van der Waals surface area contributed by atoms with Crippen molar-refractivity contribution in [1.29, 1.82) is 0 Å². The van der Waals surface area contributed by atoms with Crippen molar-refractivity contribution in [1.82, 2.24) is 9.55 Å². The summed E-state index contributed by atoms with van der Waals surface area (Å²) in [6, 6.07) is 1.44. The van der Waals surface area contributed by atoms with Crippen LogP contribution in [0.4, 0.5) is 5.82 Å². The van der Waals surface area contributed by atoms with Crippen LogP contribution in [0.25, 0.3) is 0 Å². The van der Waals surface area contributed by atoms with Gasteiger partial charge in [0.15, 0.2) is 12.3 Å². The molecule has 2 N–H and O–H groups in total. The number of esters is 2. The largest absolute Gasteiger partial charge is 0.465 e. The molecular weight excluding hydrogens is 294 g/mol. The number of carbonyl (C=O) groups excluding carboxylic acids is 2. The number of nitrogens with two attached hydrogens (primary N) is 1. The number of rotatable bonds is 4. The molecule has 1 aromatic heterocycles. The Labute approximate surface area is 126 Å². The zero-order valence-corrected chi connectivity index (χ0v) is 12.2. The third-order valence-electron chi connectivity index (χ3n) is 3.16. The summed E-state index contributed by atoms with van der Waals surface area (Å²) in [6.45, 7) is 2.73. The van der Waals surface area contributed by atoms with Crippen molar-refractivity contribution >= 4 is 17.8 Å². The fourth-order valence-electron chi connectivity index (χ4n) is 2.22. The Morgan fingerprint density at radius 3 is 2.77 bits per heavy atom. The summed E-state index contributed by atoms with van der Waals surface area (Å²) in [5.41, 5.74) is 4.83. The summed E-state index contributed by atoms with van der Waals surface area (Å²) >= 11 is 0. The summed E-state index contributed by atoms with van der Waals surface area (Å²) in [6.07, 6.45) is -0.190. The highest BCUT2D eigenvalue weighted by molar-refractivity contribution is 5.66. The molecule has 0 aromatic carbocycles. The van der Waals surface area contributed by atoms with E-state index in [-0.39, 0.29) is 24.9 Å². The maximum absolute atomic E-state index is 11.9. The summed E-state index contributed by atoms with van der Waals surface area (Å²) in [5, 5.41) is 0. The third kappa shape index (κ3) is 3.61. The molecule has 0 radical (unpaired) electrons. The first-order valence-electron chi connectivity index (χ1n) is 6.65. The van der Waals surface area contributed by atoms with Gasteiger partial charge < -0.3 is 19.9 Å². The Kier molecular flexibility index (Phi) is 4.76. The monoisotopic (exact) mass is 311 g/mol. The van der Waals surface area contributed by atoms with Gasteiger partial charge in [0.2, 0.25) is 0 Å². The molecule has 3 atom stereocenters. The zero-order valence-electron chi connectivity index (χ0n) is 12.2. The second-order valence-electron chi connectivity index (χ2n) is 4.90. The van der Waals surface area contributed by atoms with Gasteiger partial charge in [-0.15, -0.1) is 0 Å². The highest BCUT2D eigenvalue weighted by Crippen LogP contribution is 2.31. The molecule has 22 heavy (non-hydrogen) atoms. The Morgan fingerprint density at radius 1 is 1.45 bits per heavy atom. The molecule has 120 valence electrons.